The second-order valence-corrected chi connectivity index (χ2v) is 7.60. The van der Waals surface area contributed by atoms with Gasteiger partial charge in [0.2, 0.25) is 11.8 Å². The Morgan fingerprint density at radius 1 is 1.11 bits per heavy atom. The Balaban J connectivity index is 1.44. The van der Waals surface area contributed by atoms with Gasteiger partial charge in [-0.05, 0) is 43.9 Å². The summed E-state index contributed by atoms with van der Waals surface area (Å²) in [6.07, 6.45) is 3.31. The molecule has 0 spiro atoms. The van der Waals surface area contributed by atoms with Crippen molar-refractivity contribution in [3.63, 3.8) is 0 Å². The first-order valence-corrected chi connectivity index (χ1v) is 9.75. The lowest BCUT2D eigenvalue weighted by Gasteiger charge is -2.19. The molecule has 0 radical (unpaired) electrons. The lowest BCUT2D eigenvalue weighted by molar-refractivity contribution is -0.148. The van der Waals surface area contributed by atoms with Crippen LogP contribution < -0.4 is 5.32 Å². The fourth-order valence-electron chi connectivity index (χ4n) is 3.93. The molecule has 1 aliphatic heterocycles. The molecule has 0 unspecified atom stereocenters. The van der Waals surface area contributed by atoms with E-state index in [1.165, 1.54) is 4.90 Å². The quantitative estimate of drug-likeness (QED) is 0.598. The Hall–Kier alpha value is -2.70. The van der Waals surface area contributed by atoms with Gasteiger partial charge in [0.25, 0.3) is 5.91 Å². The van der Waals surface area contributed by atoms with Crippen LogP contribution in [0.4, 0.5) is 5.69 Å². The van der Waals surface area contributed by atoms with E-state index in [1.54, 1.807) is 0 Å². The summed E-state index contributed by atoms with van der Waals surface area (Å²) in [6.45, 7) is 3.41. The highest BCUT2D eigenvalue weighted by Crippen LogP contribution is 2.37. The molecular weight excluding hydrogens is 360 g/mol. The molecule has 1 aromatic rings. The van der Waals surface area contributed by atoms with Crippen LogP contribution in [0.15, 0.2) is 18.2 Å². The van der Waals surface area contributed by atoms with Crippen LogP contribution >= 0.6 is 0 Å². The Kier molecular flexibility index (Phi) is 6.11. The average Bonchev–Trinajstić information content (AvgIpc) is 2.92. The van der Waals surface area contributed by atoms with Crippen molar-refractivity contribution < 1.29 is 23.9 Å². The average molecular weight is 386 g/mol. The number of fused-ring (bicyclic) bond motifs is 1. The Bertz CT molecular complexity index is 780. The Morgan fingerprint density at radius 2 is 1.75 bits per heavy atom. The van der Waals surface area contributed by atoms with Crippen molar-refractivity contribution in [1.29, 1.82) is 0 Å². The molecule has 0 aromatic heterocycles. The molecular formula is C21H26N2O5. The minimum Gasteiger partial charge on any atom is -0.456 e. The topological polar surface area (TPSA) is 92.8 Å². The van der Waals surface area contributed by atoms with E-state index in [0.717, 1.165) is 36.8 Å². The van der Waals surface area contributed by atoms with E-state index in [1.807, 2.05) is 32.0 Å². The van der Waals surface area contributed by atoms with Crippen LogP contribution in [-0.4, -0.2) is 41.7 Å². The molecule has 150 valence electrons. The minimum absolute atomic E-state index is 0.0160. The van der Waals surface area contributed by atoms with E-state index in [4.69, 9.17) is 4.74 Å². The summed E-state index contributed by atoms with van der Waals surface area (Å²) in [7, 11) is 0. The number of esters is 1. The van der Waals surface area contributed by atoms with Crippen LogP contribution in [0.3, 0.4) is 0 Å². The zero-order valence-corrected chi connectivity index (χ0v) is 16.3. The van der Waals surface area contributed by atoms with E-state index < -0.39 is 18.5 Å². The maximum atomic E-state index is 12.4. The van der Waals surface area contributed by atoms with Gasteiger partial charge in [-0.2, -0.15) is 0 Å². The van der Waals surface area contributed by atoms with Gasteiger partial charge in [0.15, 0.2) is 6.61 Å². The molecule has 7 heteroatoms. The zero-order chi connectivity index (χ0) is 20.3. The molecule has 2 aliphatic rings. The van der Waals surface area contributed by atoms with Crippen molar-refractivity contribution >= 4 is 29.4 Å². The third-order valence-corrected chi connectivity index (χ3v) is 5.50. The number of benzene rings is 1. The van der Waals surface area contributed by atoms with E-state index >= 15 is 0 Å². The number of likely N-dealkylation sites (tertiary alicyclic amines) is 1. The summed E-state index contributed by atoms with van der Waals surface area (Å²) in [5.74, 6) is -1.82. The zero-order valence-electron chi connectivity index (χ0n) is 16.3. The van der Waals surface area contributed by atoms with Gasteiger partial charge in [-0.25, -0.2) is 0 Å². The van der Waals surface area contributed by atoms with Crippen molar-refractivity contribution in [3.8, 4) is 0 Å². The van der Waals surface area contributed by atoms with Crippen LogP contribution in [0.1, 0.15) is 43.2 Å². The second-order valence-electron chi connectivity index (χ2n) is 7.60. The summed E-state index contributed by atoms with van der Waals surface area (Å²) in [6, 6.07) is 5.69. The van der Waals surface area contributed by atoms with Gasteiger partial charge in [0.05, 0.1) is 18.3 Å². The van der Waals surface area contributed by atoms with Gasteiger partial charge in [0.1, 0.15) is 0 Å². The van der Waals surface area contributed by atoms with Crippen LogP contribution in [-0.2, 0) is 23.9 Å². The smallest absolute Gasteiger partial charge is 0.308 e. The van der Waals surface area contributed by atoms with Crippen molar-refractivity contribution in [2.24, 2.45) is 11.8 Å². The highest BCUT2D eigenvalue weighted by Gasteiger charge is 2.47. The lowest BCUT2D eigenvalue weighted by atomic mass is 9.81. The highest BCUT2D eigenvalue weighted by atomic mass is 16.5. The third kappa shape index (κ3) is 4.40. The molecule has 3 amide bonds. The van der Waals surface area contributed by atoms with Crippen molar-refractivity contribution in [2.75, 3.05) is 18.5 Å². The molecule has 1 aromatic carbocycles. The first kappa shape index (κ1) is 20.0. The summed E-state index contributed by atoms with van der Waals surface area (Å²) in [5, 5.41) is 2.72. The third-order valence-electron chi connectivity index (χ3n) is 5.50. The molecule has 1 aliphatic carbocycles. The number of anilines is 1. The van der Waals surface area contributed by atoms with Crippen LogP contribution in [0.5, 0.6) is 0 Å². The number of hydrogen-bond donors (Lipinski definition) is 1. The van der Waals surface area contributed by atoms with Gasteiger partial charge in [-0.1, -0.05) is 25.0 Å². The molecule has 2 fully saturated rings. The van der Waals surface area contributed by atoms with Crippen molar-refractivity contribution in [1.82, 2.24) is 4.90 Å². The van der Waals surface area contributed by atoms with Gasteiger partial charge in [0, 0.05) is 12.2 Å². The van der Waals surface area contributed by atoms with E-state index in [0.29, 0.717) is 5.69 Å². The van der Waals surface area contributed by atoms with E-state index in [-0.39, 0.29) is 36.6 Å². The SMILES string of the molecule is Cc1ccc(C)c(NC(=O)COC(=O)CCN2C(=O)[C@@H]3CCCC[C@H]3C2=O)c1. The Morgan fingerprint density at radius 3 is 2.39 bits per heavy atom. The predicted molar refractivity (Wildman–Crippen MR) is 102 cm³/mol. The van der Waals surface area contributed by atoms with E-state index in [2.05, 4.69) is 5.32 Å². The highest BCUT2D eigenvalue weighted by molar-refractivity contribution is 6.05. The summed E-state index contributed by atoms with van der Waals surface area (Å²) >= 11 is 0. The number of aryl methyl sites for hydroxylation is 2. The first-order chi connectivity index (χ1) is 13.4. The van der Waals surface area contributed by atoms with Crippen LogP contribution in [0.2, 0.25) is 0 Å². The fourth-order valence-corrected chi connectivity index (χ4v) is 3.93. The number of rotatable bonds is 6. The predicted octanol–water partition coefficient (Wildman–Crippen LogP) is 2.35. The molecule has 1 saturated carbocycles. The standard InChI is InChI=1S/C21H26N2O5/c1-13-7-8-14(2)17(11-13)22-18(24)12-28-19(25)9-10-23-20(26)15-5-3-4-6-16(15)21(23)27/h7-8,11,15-16H,3-6,9-10,12H2,1-2H3,(H,22,24)/t15-,16-/m1/s1. The van der Waals surface area contributed by atoms with Gasteiger partial charge in [-0.3, -0.25) is 24.1 Å². The maximum Gasteiger partial charge on any atom is 0.308 e. The normalized spacial score (nSPS) is 21.4. The number of nitrogens with one attached hydrogen (secondary N) is 1. The molecule has 1 saturated heterocycles. The molecule has 3 rings (SSSR count). The molecule has 0 bridgehead atoms. The number of ether oxygens (including phenoxy) is 1. The number of amides is 3. The minimum atomic E-state index is -0.605. The van der Waals surface area contributed by atoms with Crippen molar-refractivity contribution in [3.05, 3.63) is 29.3 Å². The summed E-state index contributed by atoms with van der Waals surface area (Å²) < 4.78 is 4.99. The van der Waals surface area contributed by atoms with E-state index in [9.17, 15) is 19.2 Å². The number of carbonyl (C=O) groups is 4. The monoisotopic (exact) mass is 386 g/mol. The molecule has 28 heavy (non-hydrogen) atoms. The molecule has 1 heterocycles. The van der Waals surface area contributed by atoms with Gasteiger partial charge < -0.3 is 10.1 Å². The molecule has 1 N–H and O–H groups in total. The largest absolute Gasteiger partial charge is 0.456 e. The number of carbonyl (C=O) groups excluding carboxylic acids is 4. The van der Waals surface area contributed by atoms with Crippen LogP contribution in [0.25, 0.3) is 0 Å². The summed E-state index contributed by atoms with van der Waals surface area (Å²) in [5.41, 5.74) is 2.60. The first-order valence-electron chi connectivity index (χ1n) is 9.75. The number of nitrogens with zero attached hydrogens (tertiary/aromatic N) is 1. The van der Waals surface area contributed by atoms with Crippen molar-refractivity contribution in [2.45, 2.75) is 46.0 Å². The Labute approximate surface area is 164 Å². The number of hydrogen-bond acceptors (Lipinski definition) is 5. The van der Waals surface area contributed by atoms with Gasteiger partial charge in [-0.15, -0.1) is 0 Å². The second kappa shape index (κ2) is 8.54. The fraction of sp³-hybridized carbons (Fsp3) is 0.524. The maximum absolute atomic E-state index is 12.4. The molecule has 2 atom stereocenters. The lowest BCUT2D eigenvalue weighted by Crippen LogP contribution is -2.33. The number of imide groups is 1. The van der Waals surface area contributed by atoms with Gasteiger partial charge >= 0.3 is 5.97 Å². The summed E-state index contributed by atoms with van der Waals surface area (Å²) in [4.78, 5) is 49.9. The molecule has 7 nitrogen and oxygen atoms in total. The van der Waals surface area contributed by atoms with Crippen LogP contribution in [0, 0.1) is 25.7 Å².